The second-order valence-corrected chi connectivity index (χ2v) is 9.63. The van der Waals surface area contributed by atoms with E-state index in [2.05, 4.69) is 32.7 Å². The van der Waals surface area contributed by atoms with Crippen LogP contribution in [0.15, 0.2) is 18.5 Å². The van der Waals surface area contributed by atoms with Gasteiger partial charge in [0, 0.05) is 43.1 Å². The van der Waals surface area contributed by atoms with E-state index in [4.69, 9.17) is 21.3 Å². The van der Waals surface area contributed by atoms with E-state index < -0.39 is 17.4 Å². The van der Waals surface area contributed by atoms with Crippen LogP contribution in [0.5, 0.6) is 0 Å². The minimum atomic E-state index is -1.09. The summed E-state index contributed by atoms with van der Waals surface area (Å²) in [5.41, 5.74) is 2.72. The number of ether oxygens (including phenoxy) is 1. The lowest BCUT2D eigenvalue weighted by atomic mass is 9.94. The zero-order valence-electron chi connectivity index (χ0n) is 20.0. The summed E-state index contributed by atoms with van der Waals surface area (Å²) in [7, 11) is 0. The number of carboxylic acids is 1. The molecule has 0 unspecified atom stereocenters. The van der Waals surface area contributed by atoms with Crippen LogP contribution < -0.4 is 10.6 Å². The second-order valence-electron chi connectivity index (χ2n) is 9.27. The van der Waals surface area contributed by atoms with Gasteiger partial charge < -0.3 is 20.5 Å². The third-order valence-corrected chi connectivity index (χ3v) is 7.02. The first-order chi connectivity index (χ1) is 16.9. The fourth-order valence-corrected chi connectivity index (χ4v) is 4.94. The van der Waals surface area contributed by atoms with Crippen LogP contribution in [0, 0.1) is 6.92 Å². The van der Waals surface area contributed by atoms with Gasteiger partial charge in [-0.3, -0.25) is 4.79 Å². The van der Waals surface area contributed by atoms with Crippen molar-refractivity contribution >= 4 is 29.3 Å². The van der Waals surface area contributed by atoms with Crippen molar-refractivity contribution in [2.75, 3.05) is 25.1 Å². The Bertz CT molecular complexity index is 1060. The molecule has 0 radical (unpaired) electrons. The number of aromatic nitrogens is 3. The number of carbonyl (C=O) groups is 2. The fraction of sp³-hybridized carbons (Fsp3) is 0.560. The maximum absolute atomic E-state index is 13.0. The maximum atomic E-state index is 13.0. The van der Waals surface area contributed by atoms with E-state index in [1.807, 2.05) is 0 Å². The van der Waals surface area contributed by atoms with Crippen molar-refractivity contribution in [1.29, 1.82) is 0 Å². The van der Waals surface area contributed by atoms with Crippen LogP contribution in [0.1, 0.15) is 61.0 Å². The highest BCUT2D eigenvalue weighted by atomic mass is 35.5. The third-order valence-electron chi connectivity index (χ3n) is 6.73. The number of aliphatic carboxylic acids is 1. The van der Waals surface area contributed by atoms with Gasteiger partial charge in [0.05, 0.1) is 5.41 Å². The van der Waals surface area contributed by atoms with Crippen LogP contribution in [0.25, 0.3) is 0 Å². The number of amides is 1. The molecule has 188 valence electrons. The van der Waals surface area contributed by atoms with Gasteiger partial charge in [0.15, 0.2) is 0 Å². The number of nitrogens with one attached hydrogen (secondary N) is 2. The topological polar surface area (TPSA) is 126 Å². The van der Waals surface area contributed by atoms with Crippen LogP contribution in [0.3, 0.4) is 0 Å². The molecule has 3 N–H and O–H groups in total. The number of carboxylic acid groups (broad SMARTS) is 1. The predicted octanol–water partition coefficient (Wildman–Crippen LogP) is 3.22. The number of carbonyl (C=O) groups excluding carboxylic acids is 1. The van der Waals surface area contributed by atoms with E-state index in [0.717, 1.165) is 50.2 Å². The minimum Gasteiger partial charge on any atom is -0.480 e. The Hall–Kier alpha value is -2.78. The van der Waals surface area contributed by atoms with Gasteiger partial charge in [-0.05, 0) is 63.5 Å². The zero-order valence-corrected chi connectivity index (χ0v) is 20.7. The molecule has 1 aliphatic heterocycles. The van der Waals surface area contributed by atoms with Crippen molar-refractivity contribution in [3.8, 4) is 0 Å². The van der Waals surface area contributed by atoms with Gasteiger partial charge in [-0.1, -0.05) is 17.7 Å². The Kier molecular flexibility index (Phi) is 8.18. The summed E-state index contributed by atoms with van der Waals surface area (Å²) in [6.07, 6.45) is 7.61. The molecule has 2 aliphatic rings. The predicted molar refractivity (Wildman–Crippen MR) is 132 cm³/mol. The van der Waals surface area contributed by atoms with Crippen LogP contribution in [0.4, 0.5) is 5.82 Å². The second kappa shape index (κ2) is 11.3. The first-order valence-corrected chi connectivity index (χ1v) is 12.6. The van der Waals surface area contributed by atoms with Crippen molar-refractivity contribution in [3.05, 3.63) is 46.1 Å². The molecule has 4 rings (SSSR count). The summed E-state index contributed by atoms with van der Waals surface area (Å²) in [6.45, 7) is 3.53. The molecule has 1 atom stereocenters. The number of nitrogens with zero attached hydrogens (tertiary/aromatic N) is 3. The summed E-state index contributed by atoms with van der Waals surface area (Å²) in [6, 6.07) is 3.22. The Labute approximate surface area is 210 Å². The first kappa shape index (κ1) is 25.3. The van der Waals surface area contributed by atoms with E-state index in [0.29, 0.717) is 30.7 Å². The summed E-state index contributed by atoms with van der Waals surface area (Å²) >= 11 is 6.24. The molecule has 10 heteroatoms. The number of rotatable bonds is 12. The Morgan fingerprint density at radius 1 is 1.26 bits per heavy atom. The standard InChI is InChI=1S/C25H32ClN5O4/c1-16-20(21(26)29-15-28-16)25(10-11-25)24(34)31-19(23(32)33)9-14-35-13-3-2-6-18-8-7-17-5-4-12-27-22(17)30-18/h7-8,15,19H,2-6,9-14H2,1H3,(H,27,30)(H,31,34)(H,32,33)/t19-/m0/s1. The smallest absolute Gasteiger partial charge is 0.326 e. The first-order valence-electron chi connectivity index (χ1n) is 12.2. The van der Waals surface area contributed by atoms with Crippen molar-refractivity contribution in [3.63, 3.8) is 0 Å². The molecular formula is C25H32ClN5O4. The molecule has 1 amide bonds. The van der Waals surface area contributed by atoms with E-state index in [9.17, 15) is 14.7 Å². The summed E-state index contributed by atoms with van der Waals surface area (Å²) in [5, 5.41) is 15.9. The molecule has 0 bridgehead atoms. The van der Waals surface area contributed by atoms with Crippen molar-refractivity contribution in [2.24, 2.45) is 0 Å². The number of hydrogen-bond donors (Lipinski definition) is 3. The highest BCUT2D eigenvalue weighted by Gasteiger charge is 2.54. The van der Waals surface area contributed by atoms with E-state index >= 15 is 0 Å². The Balaban J connectivity index is 1.19. The summed E-state index contributed by atoms with van der Waals surface area (Å²) < 4.78 is 5.66. The highest BCUT2D eigenvalue weighted by molar-refractivity contribution is 6.30. The fourth-order valence-electron chi connectivity index (χ4n) is 4.58. The maximum Gasteiger partial charge on any atom is 0.326 e. The average Bonchev–Trinajstić information content (AvgIpc) is 3.64. The van der Waals surface area contributed by atoms with Gasteiger partial charge in [-0.15, -0.1) is 0 Å². The molecule has 1 saturated carbocycles. The third kappa shape index (κ3) is 6.08. The molecule has 35 heavy (non-hydrogen) atoms. The molecule has 1 fully saturated rings. The monoisotopic (exact) mass is 501 g/mol. The number of aryl methyl sites for hydroxylation is 3. The molecular weight excluding hydrogens is 470 g/mol. The molecule has 1 aliphatic carbocycles. The van der Waals surface area contributed by atoms with Crippen molar-refractivity contribution in [2.45, 2.75) is 69.7 Å². The van der Waals surface area contributed by atoms with Crippen LogP contribution in [-0.4, -0.2) is 57.7 Å². The molecule has 2 aromatic rings. The number of pyridine rings is 1. The number of unbranched alkanes of at least 4 members (excludes halogenated alkanes) is 1. The lowest BCUT2D eigenvalue weighted by Crippen LogP contribution is -2.46. The van der Waals surface area contributed by atoms with Gasteiger partial charge in [0.1, 0.15) is 23.3 Å². The zero-order chi connectivity index (χ0) is 24.8. The van der Waals surface area contributed by atoms with Gasteiger partial charge in [-0.25, -0.2) is 19.7 Å². The average molecular weight is 502 g/mol. The molecule has 3 heterocycles. The number of halogens is 1. The quantitative estimate of drug-likeness (QED) is 0.299. The van der Waals surface area contributed by atoms with Gasteiger partial charge in [0.2, 0.25) is 5.91 Å². The van der Waals surface area contributed by atoms with Gasteiger partial charge >= 0.3 is 5.97 Å². The van der Waals surface area contributed by atoms with Crippen molar-refractivity contribution in [1.82, 2.24) is 20.3 Å². The number of hydrogen-bond acceptors (Lipinski definition) is 7. The van der Waals surface area contributed by atoms with Crippen LogP contribution in [0.2, 0.25) is 5.15 Å². The Morgan fingerprint density at radius 3 is 2.83 bits per heavy atom. The largest absolute Gasteiger partial charge is 0.480 e. The molecule has 0 aromatic carbocycles. The van der Waals surface area contributed by atoms with Gasteiger partial charge in [-0.2, -0.15) is 0 Å². The minimum absolute atomic E-state index is 0.188. The van der Waals surface area contributed by atoms with E-state index in [1.165, 1.54) is 11.9 Å². The molecule has 9 nitrogen and oxygen atoms in total. The van der Waals surface area contributed by atoms with E-state index in [-0.39, 0.29) is 24.1 Å². The summed E-state index contributed by atoms with van der Waals surface area (Å²) in [4.78, 5) is 37.6. The van der Waals surface area contributed by atoms with Crippen LogP contribution in [-0.2, 0) is 32.6 Å². The number of anilines is 1. The molecule has 0 saturated heterocycles. The SMILES string of the molecule is Cc1ncnc(Cl)c1C1(C(=O)N[C@@H](CCOCCCCc2ccc3c(n2)NCCC3)C(=O)O)CC1. The Morgan fingerprint density at radius 2 is 2.09 bits per heavy atom. The molecule has 2 aromatic heterocycles. The van der Waals surface area contributed by atoms with Crippen molar-refractivity contribution < 1.29 is 19.4 Å². The molecule has 0 spiro atoms. The van der Waals surface area contributed by atoms with E-state index in [1.54, 1.807) is 6.92 Å². The number of fused-ring (bicyclic) bond motifs is 1. The lowest BCUT2D eigenvalue weighted by Gasteiger charge is -2.21. The normalized spacial score (nSPS) is 16.6. The highest BCUT2D eigenvalue weighted by Crippen LogP contribution is 2.51. The van der Waals surface area contributed by atoms with Crippen LogP contribution >= 0.6 is 11.6 Å². The van der Waals surface area contributed by atoms with Gasteiger partial charge in [0.25, 0.3) is 0 Å². The summed E-state index contributed by atoms with van der Waals surface area (Å²) in [5.74, 6) is -0.425. The lowest BCUT2D eigenvalue weighted by molar-refractivity contribution is -0.142.